The van der Waals surface area contributed by atoms with Gasteiger partial charge in [-0.25, -0.2) is 4.39 Å². The maximum absolute atomic E-state index is 13.7. The van der Waals surface area contributed by atoms with Crippen LogP contribution in [-0.4, -0.2) is 19.0 Å². The van der Waals surface area contributed by atoms with Gasteiger partial charge in [-0.2, -0.15) is 0 Å². The number of carbonyl (C=O) groups excluding carboxylic acids is 1. The van der Waals surface area contributed by atoms with E-state index in [1.54, 1.807) is 18.9 Å². The Morgan fingerprint density at radius 2 is 1.75 bits per heavy atom. The molecule has 0 unspecified atom stereocenters. The number of hydrogen-bond donors (Lipinski definition) is 1. The van der Waals surface area contributed by atoms with Crippen LogP contribution in [0.5, 0.6) is 0 Å². The topological polar surface area (TPSA) is 32.3 Å². The van der Waals surface area contributed by atoms with Crippen LogP contribution in [0.1, 0.15) is 25.5 Å². The van der Waals surface area contributed by atoms with Gasteiger partial charge in [0.2, 0.25) is 5.91 Å². The summed E-state index contributed by atoms with van der Waals surface area (Å²) in [5, 5.41) is 3.48. The van der Waals surface area contributed by atoms with Gasteiger partial charge in [-0.15, -0.1) is 0 Å². The van der Waals surface area contributed by atoms with Gasteiger partial charge in [0, 0.05) is 23.8 Å². The van der Waals surface area contributed by atoms with Gasteiger partial charge in [0.05, 0.1) is 11.1 Å². The van der Waals surface area contributed by atoms with Gasteiger partial charge in [0.15, 0.2) is 0 Å². The molecule has 128 valence electrons. The molecule has 0 heterocycles. The fourth-order valence-corrected chi connectivity index (χ4v) is 3.02. The predicted octanol–water partition coefficient (Wildman–Crippen LogP) is 4.83. The standard InChI is InChI=1S/C18H19Cl2FN2O/c1-11(14-9-17(21)16(20)10-15(14)19)22-12(2)18(24)23(3)13-7-5-4-6-8-13/h4-12,22H,1-3H3/t11-,12-/m0/s1. The van der Waals surface area contributed by atoms with Crippen LogP contribution >= 0.6 is 23.2 Å². The van der Waals surface area contributed by atoms with Crippen LogP contribution < -0.4 is 10.2 Å². The van der Waals surface area contributed by atoms with E-state index in [0.29, 0.717) is 10.6 Å². The Balaban J connectivity index is 2.10. The summed E-state index contributed by atoms with van der Waals surface area (Å²) in [5.41, 5.74) is 1.36. The van der Waals surface area contributed by atoms with E-state index in [4.69, 9.17) is 23.2 Å². The summed E-state index contributed by atoms with van der Waals surface area (Å²) in [4.78, 5) is 14.1. The van der Waals surface area contributed by atoms with Crippen LogP contribution in [-0.2, 0) is 4.79 Å². The molecule has 0 aliphatic rings. The number of nitrogens with zero attached hydrogens (tertiary/aromatic N) is 1. The minimum atomic E-state index is -0.537. The monoisotopic (exact) mass is 368 g/mol. The zero-order valence-corrected chi connectivity index (χ0v) is 15.2. The Morgan fingerprint density at radius 1 is 1.12 bits per heavy atom. The number of para-hydroxylation sites is 1. The van der Waals surface area contributed by atoms with Crippen LogP contribution in [0.2, 0.25) is 10.0 Å². The maximum Gasteiger partial charge on any atom is 0.243 e. The summed E-state index contributed by atoms with van der Waals surface area (Å²) >= 11 is 11.8. The van der Waals surface area contributed by atoms with E-state index >= 15 is 0 Å². The number of likely N-dealkylation sites (N-methyl/N-ethyl adjacent to an activating group) is 1. The Bertz CT molecular complexity index is 724. The molecule has 2 aromatic rings. The first-order chi connectivity index (χ1) is 11.3. The molecule has 0 bridgehead atoms. The van der Waals surface area contributed by atoms with Gasteiger partial charge in [-0.1, -0.05) is 41.4 Å². The zero-order chi connectivity index (χ0) is 17.9. The van der Waals surface area contributed by atoms with Gasteiger partial charge in [0.1, 0.15) is 5.82 Å². The summed E-state index contributed by atoms with van der Waals surface area (Å²) in [5.74, 6) is -0.635. The second-order valence-electron chi connectivity index (χ2n) is 5.63. The maximum atomic E-state index is 13.7. The average Bonchev–Trinajstić information content (AvgIpc) is 2.57. The molecule has 6 heteroatoms. The van der Waals surface area contributed by atoms with Crippen molar-refractivity contribution in [2.24, 2.45) is 0 Å². The summed E-state index contributed by atoms with van der Waals surface area (Å²) in [6, 6.07) is 11.2. The molecule has 2 rings (SSSR count). The van der Waals surface area contributed by atoms with E-state index in [9.17, 15) is 9.18 Å². The third kappa shape index (κ3) is 4.26. The van der Waals surface area contributed by atoms with Gasteiger partial charge in [-0.05, 0) is 43.7 Å². The van der Waals surface area contributed by atoms with Gasteiger partial charge in [-0.3, -0.25) is 10.1 Å². The third-order valence-corrected chi connectivity index (χ3v) is 4.47. The largest absolute Gasteiger partial charge is 0.314 e. The van der Waals surface area contributed by atoms with Crippen molar-refractivity contribution >= 4 is 34.8 Å². The molecule has 0 aliphatic heterocycles. The molecule has 3 nitrogen and oxygen atoms in total. The van der Waals surface area contributed by atoms with Crippen LogP contribution in [0.15, 0.2) is 42.5 Å². The summed E-state index contributed by atoms with van der Waals surface area (Å²) in [6.07, 6.45) is 0. The molecule has 24 heavy (non-hydrogen) atoms. The number of halogens is 3. The van der Waals surface area contributed by atoms with Crippen molar-refractivity contribution in [2.45, 2.75) is 25.9 Å². The van der Waals surface area contributed by atoms with Gasteiger partial charge < -0.3 is 4.90 Å². The minimum Gasteiger partial charge on any atom is -0.314 e. The van der Waals surface area contributed by atoms with Crippen molar-refractivity contribution in [1.29, 1.82) is 0 Å². The Hall–Kier alpha value is -1.62. The molecule has 0 saturated carbocycles. The molecule has 2 aromatic carbocycles. The van der Waals surface area contributed by atoms with Gasteiger partial charge in [0.25, 0.3) is 0 Å². The second kappa shape index (κ2) is 7.97. The highest BCUT2D eigenvalue weighted by Crippen LogP contribution is 2.29. The third-order valence-electron chi connectivity index (χ3n) is 3.85. The van der Waals surface area contributed by atoms with E-state index in [2.05, 4.69) is 5.32 Å². The number of hydrogen-bond acceptors (Lipinski definition) is 2. The highest BCUT2D eigenvalue weighted by Gasteiger charge is 2.22. The number of amides is 1. The molecule has 1 amide bonds. The van der Waals surface area contributed by atoms with Crippen molar-refractivity contribution in [1.82, 2.24) is 5.32 Å². The molecular weight excluding hydrogens is 350 g/mol. The molecule has 0 saturated heterocycles. The van der Waals surface area contributed by atoms with Crippen molar-refractivity contribution in [3.63, 3.8) is 0 Å². The van der Waals surface area contributed by atoms with E-state index in [1.165, 1.54) is 12.1 Å². The fourth-order valence-electron chi connectivity index (χ4n) is 2.48. The van der Waals surface area contributed by atoms with E-state index in [1.807, 2.05) is 37.3 Å². The van der Waals surface area contributed by atoms with E-state index in [0.717, 1.165) is 5.69 Å². The normalized spacial score (nSPS) is 13.4. The summed E-state index contributed by atoms with van der Waals surface area (Å²) in [7, 11) is 1.72. The lowest BCUT2D eigenvalue weighted by Gasteiger charge is -2.25. The molecule has 1 N–H and O–H groups in total. The van der Waals surface area contributed by atoms with Crippen LogP contribution in [0, 0.1) is 5.82 Å². The first-order valence-corrected chi connectivity index (χ1v) is 8.30. The lowest BCUT2D eigenvalue weighted by molar-refractivity contribution is -0.120. The molecule has 0 aliphatic carbocycles. The smallest absolute Gasteiger partial charge is 0.243 e. The highest BCUT2D eigenvalue weighted by molar-refractivity contribution is 6.35. The average molecular weight is 369 g/mol. The second-order valence-corrected chi connectivity index (χ2v) is 6.45. The van der Waals surface area contributed by atoms with E-state index in [-0.39, 0.29) is 17.0 Å². The van der Waals surface area contributed by atoms with Gasteiger partial charge >= 0.3 is 0 Å². The number of benzene rings is 2. The predicted molar refractivity (Wildman–Crippen MR) is 97.3 cm³/mol. The molecule has 0 radical (unpaired) electrons. The SMILES string of the molecule is C[C@H](N[C@@H](C)c1cc(F)c(Cl)cc1Cl)C(=O)N(C)c1ccccc1. The lowest BCUT2D eigenvalue weighted by atomic mass is 10.1. The lowest BCUT2D eigenvalue weighted by Crippen LogP contribution is -2.44. The number of rotatable bonds is 5. The number of carbonyl (C=O) groups is 1. The quantitative estimate of drug-likeness (QED) is 0.766. The first-order valence-electron chi connectivity index (χ1n) is 7.54. The Morgan fingerprint density at radius 3 is 2.38 bits per heavy atom. The molecule has 0 aromatic heterocycles. The van der Waals surface area contributed by atoms with Crippen LogP contribution in [0.3, 0.4) is 0 Å². The van der Waals surface area contributed by atoms with E-state index < -0.39 is 11.9 Å². The fraction of sp³-hybridized carbons (Fsp3) is 0.278. The molecule has 0 spiro atoms. The van der Waals surface area contributed by atoms with Crippen molar-refractivity contribution in [3.8, 4) is 0 Å². The Kier molecular flexibility index (Phi) is 6.21. The summed E-state index contributed by atoms with van der Waals surface area (Å²) < 4.78 is 13.7. The number of nitrogens with one attached hydrogen (secondary N) is 1. The zero-order valence-electron chi connectivity index (χ0n) is 13.7. The molecule has 2 atom stereocenters. The number of anilines is 1. The minimum absolute atomic E-state index is 0.0242. The molecular formula is C18H19Cl2FN2O. The van der Waals surface area contributed by atoms with Crippen LogP contribution in [0.25, 0.3) is 0 Å². The van der Waals surface area contributed by atoms with Crippen molar-refractivity contribution < 1.29 is 9.18 Å². The van der Waals surface area contributed by atoms with Crippen molar-refractivity contribution in [3.05, 3.63) is 63.9 Å². The molecule has 0 fully saturated rings. The highest BCUT2D eigenvalue weighted by atomic mass is 35.5. The van der Waals surface area contributed by atoms with Crippen molar-refractivity contribution in [2.75, 3.05) is 11.9 Å². The Labute approximate surface area is 151 Å². The first kappa shape index (κ1) is 18.7. The van der Waals surface area contributed by atoms with Crippen LogP contribution in [0.4, 0.5) is 10.1 Å². The summed E-state index contributed by atoms with van der Waals surface area (Å²) in [6.45, 7) is 3.58.